The first-order valence-corrected chi connectivity index (χ1v) is 6.68. The molecule has 0 spiro atoms. The normalized spacial score (nSPS) is 14.3. The Labute approximate surface area is 116 Å². The van der Waals surface area contributed by atoms with Gasteiger partial charge in [-0.2, -0.15) is 0 Å². The lowest BCUT2D eigenvalue weighted by molar-refractivity contribution is 0.0576. The highest BCUT2D eigenvalue weighted by atomic mass is 127. The Hall–Kier alpha value is -0.870. The molecular formula is C15H15IO. The summed E-state index contributed by atoms with van der Waals surface area (Å²) in [5.74, 6) is 0. The molecule has 0 aliphatic rings. The minimum absolute atomic E-state index is 0.633. The zero-order valence-corrected chi connectivity index (χ0v) is 11.9. The van der Waals surface area contributed by atoms with Crippen LogP contribution in [0.3, 0.4) is 0 Å². The lowest BCUT2D eigenvalue weighted by Gasteiger charge is -2.24. The third kappa shape index (κ3) is 3.30. The van der Waals surface area contributed by atoms with Gasteiger partial charge in [-0.25, -0.2) is 0 Å². The summed E-state index contributed by atoms with van der Waals surface area (Å²) in [5, 5.41) is 10.5. The van der Waals surface area contributed by atoms with Crippen molar-refractivity contribution < 1.29 is 5.11 Å². The molecule has 1 nitrogen and oxygen atoms in total. The number of rotatable bonds is 3. The molecule has 2 aromatic rings. The van der Waals surface area contributed by atoms with Crippen LogP contribution >= 0.6 is 22.6 Å². The molecule has 0 radical (unpaired) electrons. The van der Waals surface area contributed by atoms with E-state index < -0.39 is 5.60 Å². The summed E-state index contributed by atoms with van der Waals surface area (Å²) in [4.78, 5) is 0. The Morgan fingerprint density at radius 3 is 2.18 bits per heavy atom. The van der Waals surface area contributed by atoms with E-state index in [0.717, 1.165) is 11.1 Å². The van der Waals surface area contributed by atoms with Crippen molar-refractivity contribution in [2.75, 3.05) is 0 Å². The molecule has 2 heteroatoms. The minimum Gasteiger partial charge on any atom is -0.385 e. The molecule has 2 rings (SSSR count). The fraction of sp³-hybridized carbons (Fsp3) is 0.200. The first kappa shape index (κ1) is 12.6. The van der Waals surface area contributed by atoms with E-state index in [0.29, 0.717) is 6.42 Å². The zero-order chi connectivity index (χ0) is 12.3. The molecule has 0 aliphatic carbocycles. The van der Waals surface area contributed by atoms with Crippen molar-refractivity contribution in [2.45, 2.75) is 18.9 Å². The van der Waals surface area contributed by atoms with Gasteiger partial charge >= 0.3 is 0 Å². The lowest BCUT2D eigenvalue weighted by atomic mass is 9.89. The molecule has 1 N–H and O–H groups in total. The summed E-state index contributed by atoms with van der Waals surface area (Å²) < 4.78 is 1.21. The van der Waals surface area contributed by atoms with Gasteiger partial charge in [0, 0.05) is 9.99 Å². The Bertz CT molecular complexity index is 474. The molecule has 1 atom stereocenters. The summed E-state index contributed by atoms with van der Waals surface area (Å²) in [6, 6.07) is 18.1. The predicted molar refractivity (Wildman–Crippen MR) is 78.9 cm³/mol. The average molecular weight is 338 g/mol. The van der Waals surface area contributed by atoms with Crippen molar-refractivity contribution in [3.8, 4) is 0 Å². The van der Waals surface area contributed by atoms with Crippen molar-refractivity contribution in [2.24, 2.45) is 0 Å². The molecule has 17 heavy (non-hydrogen) atoms. The largest absolute Gasteiger partial charge is 0.385 e. The second-order valence-corrected chi connectivity index (χ2v) is 5.69. The quantitative estimate of drug-likeness (QED) is 0.846. The highest BCUT2D eigenvalue weighted by molar-refractivity contribution is 14.1. The molecule has 0 bridgehead atoms. The number of benzene rings is 2. The summed E-state index contributed by atoms with van der Waals surface area (Å²) in [5.41, 5.74) is 1.30. The minimum atomic E-state index is -0.811. The maximum absolute atomic E-state index is 10.5. The number of hydrogen-bond donors (Lipinski definition) is 1. The van der Waals surface area contributed by atoms with Gasteiger partial charge in [-0.05, 0) is 52.8 Å². The molecular weight excluding hydrogens is 323 g/mol. The molecule has 0 saturated carbocycles. The van der Waals surface area contributed by atoms with E-state index in [-0.39, 0.29) is 0 Å². The van der Waals surface area contributed by atoms with E-state index in [1.54, 1.807) is 0 Å². The molecule has 0 fully saturated rings. The van der Waals surface area contributed by atoms with Crippen molar-refractivity contribution in [3.05, 3.63) is 69.3 Å². The summed E-state index contributed by atoms with van der Waals surface area (Å²) in [7, 11) is 0. The molecule has 0 heterocycles. The van der Waals surface area contributed by atoms with Gasteiger partial charge in [0.1, 0.15) is 0 Å². The van der Waals surface area contributed by atoms with Crippen LogP contribution in [0.25, 0.3) is 0 Å². The van der Waals surface area contributed by atoms with Gasteiger partial charge < -0.3 is 5.11 Å². The average Bonchev–Trinajstić information content (AvgIpc) is 2.33. The first-order chi connectivity index (χ1) is 8.08. The predicted octanol–water partition coefficient (Wildman–Crippen LogP) is 3.74. The second-order valence-electron chi connectivity index (χ2n) is 4.44. The van der Waals surface area contributed by atoms with Crippen molar-refractivity contribution in [1.29, 1.82) is 0 Å². The SMILES string of the molecule is CC(O)(Cc1ccc(I)cc1)c1ccccc1. The van der Waals surface area contributed by atoms with Crippen LogP contribution in [0.4, 0.5) is 0 Å². The molecule has 1 unspecified atom stereocenters. The third-order valence-electron chi connectivity index (χ3n) is 2.86. The van der Waals surface area contributed by atoms with E-state index in [9.17, 15) is 5.11 Å². The first-order valence-electron chi connectivity index (χ1n) is 5.60. The standard InChI is InChI=1S/C15H15IO/c1-15(17,13-5-3-2-4-6-13)11-12-7-9-14(16)10-8-12/h2-10,17H,11H2,1H3. The smallest absolute Gasteiger partial charge is 0.0908 e. The van der Waals surface area contributed by atoms with E-state index in [4.69, 9.17) is 0 Å². The van der Waals surface area contributed by atoms with Crippen molar-refractivity contribution in [1.82, 2.24) is 0 Å². The number of aliphatic hydroxyl groups is 1. The van der Waals surface area contributed by atoms with Gasteiger partial charge in [0.05, 0.1) is 5.60 Å². The molecule has 0 amide bonds. The molecule has 0 saturated heterocycles. The fourth-order valence-corrected chi connectivity index (χ4v) is 2.26. The van der Waals surface area contributed by atoms with Crippen LogP contribution in [0.1, 0.15) is 18.1 Å². The summed E-state index contributed by atoms with van der Waals surface area (Å²) in [6.07, 6.45) is 0.633. The molecule has 2 aromatic carbocycles. The van der Waals surface area contributed by atoms with E-state index >= 15 is 0 Å². The van der Waals surface area contributed by atoms with Crippen LogP contribution in [-0.4, -0.2) is 5.11 Å². The Kier molecular flexibility index (Phi) is 3.84. The van der Waals surface area contributed by atoms with Gasteiger partial charge in [0.25, 0.3) is 0 Å². The Balaban J connectivity index is 2.20. The zero-order valence-electron chi connectivity index (χ0n) is 9.73. The highest BCUT2D eigenvalue weighted by Gasteiger charge is 2.22. The van der Waals surface area contributed by atoms with Gasteiger partial charge in [0.15, 0.2) is 0 Å². The van der Waals surface area contributed by atoms with Crippen LogP contribution in [0.15, 0.2) is 54.6 Å². The van der Waals surface area contributed by atoms with Gasteiger partial charge in [-0.3, -0.25) is 0 Å². The Morgan fingerprint density at radius 1 is 1.00 bits per heavy atom. The van der Waals surface area contributed by atoms with Crippen molar-refractivity contribution >= 4 is 22.6 Å². The van der Waals surface area contributed by atoms with Gasteiger partial charge in [0.2, 0.25) is 0 Å². The molecule has 0 aromatic heterocycles. The third-order valence-corrected chi connectivity index (χ3v) is 3.58. The summed E-state index contributed by atoms with van der Waals surface area (Å²) in [6.45, 7) is 1.86. The van der Waals surface area contributed by atoms with Crippen LogP contribution in [-0.2, 0) is 12.0 Å². The second kappa shape index (κ2) is 5.19. The summed E-state index contributed by atoms with van der Waals surface area (Å²) >= 11 is 2.28. The molecule has 0 aliphatic heterocycles. The monoisotopic (exact) mass is 338 g/mol. The van der Waals surface area contributed by atoms with Gasteiger partial charge in [-0.15, -0.1) is 0 Å². The van der Waals surface area contributed by atoms with Crippen LogP contribution < -0.4 is 0 Å². The fourth-order valence-electron chi connectivity index (χ4n) is 1.90. The van der Waals surface area contributed by atoms with Gasteiger partial charge in [-0.1, -0.05) is 42.5 Å². The van der Waals surface area contributed by atoms with E-state index in [1.807, 2.05) is 37.3 Å². The van der Waals surface area contributed by atoms with Crippen molar-refractivity contribution in [3.63, 3.8) is 0 Å². The van der Waals surface area contributed by atoms with Crippen LogP contribution in [0, 0.1) is 3.57 Å². The van der Waals surface area contributed by atoms with Crippen LogP contribution in [0.5, 0.6) is 0 Å². The number of halogens is 1. The maximum Gasteiger partial charge on any atom is 0.0908 e. The topological polar surface area (TPSA) is 20.2 Å². The van der Waals surface area contributed by atoms with E-state index in [1.165, 1.54) is 3.57 Å². The maximum atomic E-state index is 10.5. The molecule has 88 valence electrons. The lowest BCUT2D eigenvalue weighted by Crippen LogP contribution is -2.24. The highest BCUT2D eigenvalue weighted by Crippen LogP contribution is 2.25. The van der Waals surface area contributed by atoms with Crippen LogP contribution in [0.2, 0.25) is 0 Å². The Morgan fingerprint density at radius 2 is 1.59 bits per heavy atom. The number of hydrogen-bond acceptors (Lipinski definition) is 1. The van der Waals surface area contributed by atoms with E-state index in [2.05, 4.69) is 46.9 Å².